The summed E-state index contributed by atoms with van der Waals surface area (Å²) in [5.41, 5.74) is 6.32. The maximum absolute atomic E-state index is 12.4. The van der Waals surface area contributed by atoms with E-state index in [4.69, 9.17) is 0 Å². The molecule has 1 heterocycles. The number of aromatic nitrogens is 1. The number of thiazole rings is 1. The summed E-state index contributed by atoms with van der Waals surface area (Å²) >= 11 is 1.41. The van der Waals surface area contributed by atoms with Crippen molar-refractivity contribution in [2.45, 2.75) is 13.5 Å². The topological polar surface area (TPSA) is 46.5 Å². The molecule has 136 valence electrons. The minimum absolute atomic E-state index is 0. The van der Waals surface area contributed by atoms with Crippen LogP contribution in [0.2, 0.25) is 0 Å². The molecule has 0 bridgehead atoms. The number of hydrazone groups is 1. The van der Waals surface area contributed by atoms with Crippen molar-refractivity contribution >= 4 is 39.7 Å². The standard InChI is InChI=1S/C18H15F2N3OS.BrH/c1-12-6-8-13(9-7-12)15-11-25-18(22-15)23-21-10-14-4-2-3-5-16(14)24-17(19)20;/h2-11,17H,1H3,(H,22,23);1H/b21-10+;. The monoisotopic (exact) mass is 439 g/mol. The molecular weight excluding hydrogens is 424 g/mol. The van der Waals surface area contributed by atoms with Crippen molar-refractivity contribution < 1.29 is 13.5 Å². The predicted octanol–water partition coefficient (Wildman–Crippen LogP) is 5.74. The summed E-state index contributed by atoms with van der Waals surface area (Å²) in [5, 5.41) is 6.59. The van der Waals surface area contributed by atoms with Gasteiger partial charge in [-0.25, -0.2) is 4.98 Å². The minimum atomic E-state index is -2.88. The van der Waals surface area contributed by atoms with Gasteiger partial charge in [0.25, 0.3) is 0 Å². The van der Waals surface area contributed by atoms with Crippen LogP contribution in [0.4, 0.5) is 13.9 Å². The van der Waals surface area contributed by atoms with Crippen molar-refractivity contribution in [1.82, 2.24) is 4.98 Å². The Bertz CT molecular complexity index is 869. The molecule has 26 heavy (non-hydrogen) atoms. The number of hydrogen-bond donors (Lipinski definition) is 1. The first kappa shape index (κ1) is 20.0. The maximum Gasteiger partial charge on any atom is 0.387 e. The van der Waals surface area contributed by atoms with Crippen molar-refractivity contribution in [1.29, 1.82) is 0 Å². The third kappa shape index (κ3) is 5.34. The summed E-state index contributed by atoms with van der Waals surface area (Å²) in [6, 6.07) is 14.5. The Morgan fingerprint density at radius 1 is 1.15 bits per heavy atom. The fourth-order valence-corrected chi connectivity index (χ4v) is 2.80. The first-order chi connectivity index (χ1) is 12.1. The quantitative estimate of drug-likeness (QED) is 0.393. The second-order valence-corrected chi connectivity index (χ2v) is 6.05. The Hall–Kier alpha value is -2.32. The molecule has 0 radical (unpaired) electrons. The summed E-state index contributed by atoms with van der Waals surface area (Å²) < 4.78 is 29.2. The SMILES string of the molecule is Br.Cc1ccc(-c2csc(N/N=C/c3ccccc3OC(F)F)n2)cc1. The number of nitrogens with one attached hydrogen (secondary N) is 1. The number of benzene rings is 2. The zero-order valence-corrected chi connectivity index (χ0v) is 16.3. The molecule has 2 aromatic carbocycles. The van der Waals surface area contributed by atoms with Gasteiger partial charge >= 0.3 is 6.61 Å². The number of nitrogens with zero attached hydrogens (tertiary/aromatic N) is 2. The van der Waals surface area contributed by atoms with Crippen LogP contribution in [0.15, 0.2) is 59.0 Å². The molecule has 0 aliphatic heterocycles. The number of hydrogen-bond acceptors (Lipinski definition) is 5. The van der Waals surface area contributed by atoms with Gasteiger partial charge in [-0.1, -0.05) is 42.0 Å². The molecule has 4 nitrogen and oxygen atoms in total. The van der Waals surface area contributed by atoms with Crippen LogP contribution in [-0.4, -0.2) is 17.8 Å². The number of aryl methyl sites for hydroxylation is 1. The van der Waals surface area contributed by atoms with Crippen molar-refractivity contribution in [3.63, 3.8) is 0 Å². The van der Waals surface area contributed by atoms with E-state index >= 15 is 0 Å². The zero-order chi connectivity index (χ0) is 17.6. The molecular formula is C18H16BrF2N3OS. The van der Waals surface area contributed by atoms with E-state index in [1.807, 2.05) is 36.6 Å². The van der Waals surface area contributed by atoms with E-state index in [1.165, 1.54) is 29.2 Å². The highest BCUT2D eigenvalue weighted by atomic mass is 79.9. The highest BCUT2D eigenvalue weighted by Crippen LogP contribution is 2.25. The molecule has 0 aliphatic rings. The van der Waals surface area contributed by atoms with E-state index in [0.29, 0.717) is 10.7 Å². The van der Waals surface area contributed by atoms with Crippen LogP contribution in [0.25, 0.3) is 11.3 Å². The van der Waals surface area contributed by atoms with E-state index < -0.39 is 6.61 Å². The van der Waals surface area contributed by atoms with E-state index in [2.05, 4.69) is 20.2 Å². The van der Waals surface area contributed by atoms with Gasteiger partial charge in [0.05, 0.1) is 11.9 Å². The zero-order valence-electron chi connectivity index (χ0n) is 13.7. The molecule has 3 aromatic rings. The fourth-order valence-electron chi connectivity index (χ4n) is 2.13. The lowest BCUT2D eigenvalue weighted by Gasteiger charge is -2.06. The average molecular weight is 440 g/mol. The van der Waals surface area contributed by atoms with Crippen molar-refractivity contribution in [3.8, 4) is 17.0 Å². The molecule has 0 saturated carbocycles. The molecule has 0 fully saturated rings. The van der Waals surface area contributed by atoms with Crippen LogP contribution >= 0.6 is 28.3 Å². The van der Waals surface area contributed by atoms with E-state index in [-0.39, 0.29) is 22.7 Å². The average Bonchev–Trinajstić information content (AvgIpc) is 3.05. The number of halogens is 3. The first-order valence-corrected chi connectivity index (χ1v) is 8.35. The molecule has 1 aromatic heterocycles. The molecule has 8 heteroatoms. The van der Waals surface area contributed by atoms with E-state index in [9.17, 15) is 8.78 Å². The largest absolute Gasteiger partial charge is 0.434 e. The molecule has 0 unspecified atom stereocenters. The van der Waals surface area contributed by atoms with E-state index in [1.54, 1.807) is 18.2 Å². The molecule has 0 atom stereocenters. The van der Waals surface area contributed by atoms with E-state index in [0.717, 1.165) is 11.3 Å². The molecule has 0 saturated heterocycles. The van der Waals surface area contributed by atoms with Gasteiger partial charge < -0.3 is 4.74 Å². The van der Waals surface area contributed by atoms with Gasteiger partial charge in [-0.2, -0.15) is 13.9 Å². The van der Waals surface area contributed by atoms with Gasteiger partial charge in [0, 0.05) is 16.5 Å². The molecule has 3 rings (SSSR count). The summed E-state index contributed by atoms with van der Waals surface area (Å²) in [6.45, 7) is -0.846. The highest BCUT2D eigenvalue weighted by molar-refractivity contribution is 8.93. The summed E-state index contributed by atoms with van der Waals surface area (Å²) in [5.74, 6) is 0.0718. The molecule has 0 spiro atoms. The van der Waals surface area contributed by atoms with Gasteiger partial charge in [-0.05, 0) is 19.1 Å². The summed E-state index contributed by atoms with van der Waals surface area (Å²) in [4.78, 5) is 4.45. The minimum Gasteiger partial charge on any atom is -0.434 e. The predicted molar refractivity (Wildman–Crippen MR) is 107 cm³/mol. The highest BCUT2D eigenvalue weighted by Gasteiger charge is 2.07. The van der Waals surface area contributed by atoms with Crippen LogP contribution in [0.3, 0.4) is 0 Å². The van der Waals surface area contributed by atoms with Crippen LogP contribution in [0.1, 0.15) is 11.1 Å². The lowest BCUT2D eigenvalue weighted by atomic mass is 10.1. The second-order valence-electron chi connectivity index (χ2n) is 5.19. The van der Waals surface area contributed by atoms with Crippen molar-refractivity contribution in [3.05, 3.63) is 65.0 Å². The van der Waals surface area contributed by atoms with Crippen molar-refractivity contribution in [2.24, 2.45) is 5.10 Å². The lowest BCUT2D eigenvalue weighted by molar-refractivity contribution is -0.0499. The van der Waals surface area contributed by atoms with Crippen LogP contribution in [0, 0.1) is 6.92 Å². The Balaban J connectivity index is 0.00000243. The smallest absolute Gasteiger partial charge is 0.387 e. The van der Waals surface area contributed by atoms with Crippen LogP contribution in [0.5, 0.6) is 5.75 Å². The van der Waals surface area contributed by atoms with Gasteiger partial charge in [0.15, 0.2) is 0 Å². The number of ether oxygens (including phenoxy) is 1. The van der Waals surface area contributed by atoms with Gasteiger partial charge in [-0.3, -0.25) is 5.43 Å². The Morgan fingerprint density at radius 2 is 1.88 bits per heavy atom. The van der Waals surface area contributed by atoms with Gasteiger partial charge in [0.2, 0.25) is 5.13 Å². The normalized spacial score (nSPS) is 10.8. The van der Waals surface area contributed by atoms with Crippen LogP contribution in [-0.2, 0) is 0 Å². The molecule has 0 amide bonds. The summed E-state index contributed by atoms with van der Waals surface area (Å²) in [6.07, 6.45) is 1.42. The van der Waals surface area contributed by atoms with Gasteiger partial charge in [-0.15, -0.1) is 28.3 Å². The Labute approximate surface area is 164 Å². The number of rotatable bonds is 6. The maximum atomic E-state index is 12.4. The first-order valence-electron chi connectivity index (χ1n) is 7.47. The molecule has 1 N–H and O–H groups in total. The Morgan fingerprint density at radius 3 is 2.62 bits per heavy atom. The third-order valence-electron chi connectivity index (χ3n) is 3.35. The fraction of sp³-hybridized carbons (Fsp3) is 0.111. The Kier molecular flexibility index (Phi) is 7.23. The van der Waals surface area contributed by atoms with Crippen molar-refractivity contribution in [2.75, 3.05) is 5.43 Å². The summed E-state index contributed by atoms with van der Waals surface area (Å²) in [7, 11) is 0. The van der Waals surface area contributed by atoms with Gasteiger partial charge in [0.1, 0.15) is 5.75 Å². The number of para-hydroxylation sites is 1. The molecule has 0 aliphatic carbocycles. The lowest BCUT2D eigenvalue weighted by Crippen LogP contribution is -2.04. The number of anilines is 1. The second kappa shape index (κ2) is 9.40. The van der Waals surface area contributed by atoms with Crippen LogP contribution < -0.4 is 10.2 Å². The third-order valence-corrected chi connectivity index (χ3v) is 4.10. The number of alkyl halides is 2.